The minimum Gasteiger partial charge on any atom is -0.490 e. The predicted molar refractivity (Wildman–Crippen MR) is 71.5 cm³/mol. The topological polar surface area (TPSA) is 81.0 Å². The summed E-state index contributed by atoms with van der Waals surface area (Å²) in [7, 11) is 1.44. The number of aromatic amines is 1. The average molecular weight is 257 g/mol. The molecule has 6 heteroatoms. The summed E-state index contributed by atoms with van der Waals surface area (Å²) in [4.78, 5) is 18.0. The van der Waals surface area contributed by atoms with Crippen molar-refractivity contribution in [3.63, 3.8) is 0 Å². The molecule has 0 saturated heterocycles. The number of nitrogens with one attached hydrogen (secondary N) is 1. The van der Waals surface area contributed by atoms with Crippen molar-refractivity contribution >= 4 is 27.5 Å². The maximum absolute atomic E-state index is 11.1. The molecule has 1 aromatic carbocycles. The highest BCUT2D eigenvalue weighted by atomic mass is 16.6. The number of rotatable bonds is 2. The molecule has 0 aliphatic rings. The number of ether oxygens (including phenoxy) is 1. The Morgan fingerprint density at radius 3 is 2.89 bits per heavy atom. The summed E-state index contributed by atoms with van der Waals surface area (Å²) < 4.78 is 5.16. The zero-order valence-electron chi connectivity index (χ0n) is 10.4. The van der Waals surface area contributed by atoms with Crippen LogP contribution in [0.25, 0.3) is 21.8 Å². The second-order valence-corrected chi connectivity index (χ2v) is 4.28. The Morgan fingerprint density at radius 2 is 2.21 bits per heavy atom. The van der Waals surface area contributed by atoms with Crippen molar-refractivity contribution in [1.82, 2.24) is 9.97 Å². The van der Waals surface area contributed by atoms with Crippen molar-refractivity contribution in [2.45, 2.75) is 6.92 Å². The van der Waals surface area contributed by atoms with Crippen LogP contribution in [0.4, 0.5) is 5.69 Å². The van der Waals surface area contributed by atoms with E-state index in [-0.39, 0.29) is 11.4 Å². The van der Waals surface area contributed by atoms with Crippen LogP contribution >= 0.6 is 0 Å². The van der Waals surface area contributed by atoms with Crippen LogP contribution in [-0.2, 0) is 0 Å². The lowest BCUT2D eigenvalue weighted by Crippen LogP contribution is -1.96. The van der Waals surface area contributed by atoms with Gasteiger partial charge in [-0.3, -0.25) is 15.1 Å². The smallest absolute Gasteiger partial charge is 0.311 e. The number of benzene rings is 1. The van der Waals surface area contributed by atoms with E-state index in [1.165, 1.54) is 7.11 Å². The summed E-state index contributed by atoms with van der Waals surface area (Å²) in [6, 6.07) is 3.38. The Kier molecular flexibility index (Phi) is 2.38. The van der Waals surface area contributed by atoms with Crippen LogP contribution in [-0.4, -0.2) is 22.0 Å². The van der Waals surface area contributed by atoms with Crippen LogP contribution in [0.2, 0.25) is 0 Å². The third kappa shape index (κ3) is 1.53. The number of aromatic nitrogens is 2. The van der Waals surface area contributed by atoms with Gasteiger partial charge >= 0.3 is 5.69 Å². The highest BCUT2D eigenvalue weighted by Gasteiger charge is 2.21. The molecule has 6 nitrogen and oxygen atoms in total. The Morgan fingerprint density at radius 1 is 1.42 bits per heavy atom. The molecular formula is C13H11N3O3. The van der Waals surface area contributed by atoms with Crippen molar-refractivity contribution in [2.24, 2.45) is 0 Å². The van der Waals surface area contributed by atoms with Gasteiger partial charge in [0.25, 0.3) is 0 Å². The van der Waals surface area contributed by atoms with Crippen molar-refractivity contribution in [3.05, 3.63) is 40.2 Å². The zero-order chi connectivity index (χ0) is 13.6. The third-order valence-electron chi connectivity index (χ3n) is 3.27. The normalized spacial score (nSPS) is 11.1. The summed E-state index contributed by atoms with van der Waals surface area (Å²) >= 11 is 0. The summed E-state index contributed by atoms with van der Waals surface area (Å²) in [5.41, 5.74) is 2.39. The molecule has 1 N–H and O–H groups in total. The molecule has 0 radical (unpaired) electrons. The predicted octanol–water partition coefficient (Wildman–Crippen LogP) is 2.94. The molecule has 0 fully saturated rings. The summed E-state index contributed by atoms with van der Waals surface area (Å²) in [6.45, 7) is 1.80. The van der Waals surface area contributed by atoms with E-state index >= 15 is 0 Å². The number of hydrogen-bond acceptors (Lipinski definition) is 4. The Hall–Kier alpha value is -2.63. The lowest BCUT2D eigenvalue weighted by molar-refractivity contribution is -0.385. The maximum atomic E-state index is 11.1. The van der Waals surface area contributed by atoms with Gasteiger partial charge in [-0.25, -0.2) is 0 Å². The second-order valence-electron chi connectivity index (χ2n) is 4.28. The first-order valence-electron chi connectivity index (χ1n) is 5.71. The molecule has 2 aromatic heterocycles. The molecule has 3 rings (SSSR count). The van der Waals surface area contributed by atoms with Gasteiger partial charge in [-0.2, -0.15) is 0 Å². The van der Waals surface area contributed by atoms with E-state index in [4.69, 9.17) is 4.74 Å². The second kappa shape index (κ2) is 3.94. The van der Waals surface area contributed by atoms with E-state index in [0.717, 1.165) is 27.4 Å². The van der Waals surface area contributed by atoms with Crippen LogP contribution in [0.1, 0.15) is 5.56 Å². The molecule has 0 saturated carbocycles. The molecule has 0 spiro atoms. The SMILES string of the molecule is COc1c([N+](=O)[O-])cc2c([nH]c3cnccc32)c1C. The molecular weight excluding hydrogens is 246 g/mol. The molecule has 3 aromatic rings. The van der Waals surface area contributed by atoms with E-state index in [2.05, 4.69) is 9.97 Å². The van der Waals surface area contributed by atoms with E-state index in [1.54, 1.807) is 25.4 Å². The van der Waals surface area contributed by atoms with E-state index < -0.39 is 4.92 Å². The van der Waals surface area contributed by atoms with Crippen LogP contribution in [0.15, 0.2) is 24.5 Å². The lowest BCUT2D eigenvalue weighted by Gasteiger charge is -2.06. The Balaban J connectivity index is 2.52. The van der Waals surface area contributed by atoms with Crippen LogP contribution in [0.3, 0.4) is 0 Å². The molecule has 0 amide bonds. The molecule has 0 aliphatic heterocycles. The first-order valence-corrected chi connectivity index (χ1v) is 5.71. The number of methoxy groups -OCH3 is 1. The quantitative estimate of drug-likeness (QED) is 0.565. The van der Waals surface area contributed by atoms with Crippen molar-refractivity contribution in [2.75, 3.05) is 7.11 Å². The van der Waals surface area contributed by atoms with Crippen molar-refractivity contribution in [1.29, 1.82) is 0 Å². The number of pyridine rings is 1. The van der Waals surface area contributed by atoms with Gasteiger partial charge < -0.3 is 9.72 Å². The van der Waals surface area contributed by atoms with Gasteiger partial charge in [0.2, 0.25) is 5.75 Å². The van der Waals surface area contributed by atoms with Gasteiger partial charge in [0.05, 0.1) is 29.3 Å². The van der Waals surface area contributed by atoms with Crippen molar-refractivity contribution in [3.8, 4) is 5.75 Å². The number of nitrogens with zero attached hydrogens (tertiary/aromatic N) is 2. The van der Waals surface area contributed by atoms with Gasteiger partial charge in [-0.15, -0.1) is 0 Å². The minimum atomic E-state index is -0.425. The van der Waals surface area contributed by atoms with E-state index in [1.807, 2.05) is 6.07 Å². The minimum absolute atomic E-state index is 0.0230. The fourth-order valence-corrected chi connectivity index (χ4v) is 2.41. The number of H-pyrrole nitrogens is 1. The first kappa shape index (κ1) is 11.5. The Bertz CT molecular complexity index is 808. The molecule has 0 bridgehead atoms. The van der Waals surface area contributed by atoms with E-state index in [9.17, 15) is 10.1 Å². The van der Waals surface area contributed by atoms with Gasteiger partial charge in [-0.1, -0.05) is 0 Å². The highest BCUT2D eigenvalue weighted by molar-refractivity contribution is 6.09. The summed E-state index contributed by atoms with van der Waals surface area (Å²) in [6.07, 6.45) is 3.37. The zero-order valence-corrected chi connectivity index (χ0v) is 10.4. The van der Waals surface area contributed by atoms with E-state index in [0.29, 0.717) is 0 Å². The molecule has 0 unspecified atom stereocenters. The summed E-state index contributed by atoms with van der Waals surface area (Å²) in [5, 5.41) is 12.9. The fraction of sp³-hybridized carbons (Fsp3) is 0.154. The summed E-state index contributed by atoms with van der Waals surface area (Å²) in [5.74, 6) is 0.289. The standard InChI is InChI=1S/C13H11N3O3/c1-7-12-9(5-11(16(17)18)13(7)19-2)8-3-4-14-6-10(8)15-12/h3-6,15H,1-2H3. The monoisotopic (exact) mass is 257 g/mol. The van der Waals surface area contributed by atoms with Gasteiger partial charge in [0, 0.05) is 28.6 Å². The molecule has 19 heavy (non-hydrogen) atoms. The first-order chi connectivity index (χ1) is 9.13. The highest BCUT2D eigenvalue weighted by Crippen LogP contribution is 2.39. The van der Waals surface area contributed by atoms with Crippen molar-refractivity contribution < 1.29 is 9.66 Å². The van der Waals surface area contributed by atoms with Gasteiger partial charge in [0.15, 0.2) is 0 Å². The number of aryl methyl sites for hydroxylation is 1. The van der Waals surface area contributed by atoms with Crippen LogP contribution < -0.4 is 4.74 Å². The number of fused-ring (bicyclic) bond motifs is 3. The third-order valence-corrected chi connectivity index (χ3v) is 3.27. The fourth-order valence-electron chi connectivity index (χ4n) is 2.41. The lowest BCUT2D eigenvalue weighted by atomic mass is 10.1. The van der Waals surface area contributed by atoms with Crippen LogP contribution in [0, 0.1) is 17.0 Å². The average Bonchev–Trinajstić information content (AvgIpc) is 2.77. The number of hydrogen-bond donors (Lipinski definition) is 1. The van der Waals surface area contributed by atoms with Crippen LogP contribution in [0.5, 0.6) is 5.75 Å². The molecule has 0 aliphatic carbocycles. The van der Waals surface area contributed by atoms with Gasteiger partial charge in [0.1, 0.15) is 0 Å². The maximum Gasteiger partial charge on any atom is 0.311 e. The largest absolute Gasteiger partial charge is 0.490 e. The Labute approximate surface area is 108 Å². The molecule has 96 valence electrons. The molecule has 0 atom stereocenters. The number of nitro benzene ring substituents is 1. The number of nitro groups is 1. The van der Waals surface area contributed by atoms with Gasteiger partial charge in [-0.05, 0) is 13.0 Å². The molecule has 2 heterocycles.